The van der Waals surface area contributed by atoms with Gasteiger partial charge in [0.15, 0.2) is 6.61 Å². The fourth-order valence-electron chi connectivity index (χ4n) is 2.51. The maximum absolute atomic E-state index is 12.5. The molecule has 0 unspecified atom stereocenters. The Labute approximate surface area is 153 Å². The molecule has 9 heteroatoms. The zero-order valence-electron chi connectivity index (χ0n) is 14.6. The molecule has 3 aromatic rings. The van der Waals surface area contributed by atoms with Gasteiger partial charge < -0.3 is 15.0 Å². The number of rotatable bonds is 4. The summed E-state index contributed by atoms with van der Waals surface area (Å²) in [5, 5.41) is 6.05. The number of hydrogen-bond acceptors (Lipinski definition) is 7. The molecule has 0 saturated carbocycles. The molecule has 0 atom stereocenters. The fraction of sp³-hybridized carbons (Fsp3) is 0.167. The van der Waals surface area contributed by atoms with E-state index in [-0.39, 0.29) is 11.3 Å². The summed E-state index contributed by atoms with van der Waals surface area (Å²) in [6, 6.07) is 8.08. The predicted molar refractivity (Wildman–Crippen MR) is 94.7 cm³/mol. The van der Waals surface area contributed by atoms with Crippen LogP contribution in [0.4, 0.5) is 4.79 Å². The number of aromatic nitrogens is 2. The quantitative estimate of drug-likeness (QED) is 0.670. The van der Waals surface area contributed by atoms with Gasteiger partial charge in [-0.15, -0.1) is 0 Å². The lowest BCUT2D eigenvalue weighted by Gasteiger charge is -2.08. The predicted octanol–water partition coefficient (Wildman–Crippen LogP) is 1.86. The summed E-state index contributed by atoms with van der Waals surface area (Å²) in [7, 11) is 0. The highest BCUT2D eigenvalue weighted by Crippen LogP contribution is 2.27. The molecular formula is C18H16N4O5. The van der Waals surface area contributed by atoms with E-state index in [9.17, 15) is 14.4 Å². The Bertz CT molecular complexity index is 1040. The van der Waals surface area contributed by atoms with E-state index >= 15 is 0 Å². The molecule has 0 bridgehead atoms. The highest BCUT2D eigenvalue weighted by atomic mass is 16.5. The number of aryl methyl sites for hydroxylation is 2. The van der Waals surface area contributed by atoms with Gasteiger partial charge in [0.1, 0.15) is 0 Å². The number of ether oxygens (including phenoxy) is 1. The first-order valence-corrected chi connectivity index (χ1v) is 7.95. The van der Waals surface area contributed by atoms with Crippen molar-refractivity contribution in [2.24, 2.45) is 5.73 Å². The summed E-state index contributed by atoms with van der Waals surface area (Å²) < 4.78 is 10.2. The summed E-state index contributed by atoms with van der Waals surface area (Å²) in [6.07, 6.45) is 0. The lowest BCUT2D eigenvalue weighted by atomic mass is 10.0. The number of amides is 3. The number of nitrogens with one attached hydrogen (secondary N) is 1. The molecular weight excluding hydrogens is 352 g/mol. The zero-order chi connectivity index (χ0) is 19.6. The first-order valence-electron chi connectivity index (χ1n) is 7.95. The van der Waals surface area contributed by atoms with E-state index in [2.05, 4.69) is 10.1 Å². The number of imide groups is 1. The van der Waals surface area contributed by atoms with E-state index < -0.39 is 24.5 Å². The van der Waals surface area contributed by atoms with Gasteiger partial charge in [-0.1, -0.05) is 35.0 Å². The molecule has 0 radical (unpaired) electrons. The van der Waals surface area contributed by atoms with Gasteiger partial charge in [-0.05, 0) is 19.9 Å². The molecule has 27 heavy (non-hydrogen) atoms. The van der Waals surface area contributed by atoms with E-state index in [4.69, 9.17) is 15.0 Å². The van der Waals surface area contributed by atoms with Crippen molar-refractivity contribution in [2.45, 2.75) is 13.8 Å². The number of pyridine rings is 1. The van der Waals surface area contributed by atoms with Crippen molar-refractivity contribution < 1.29 is 23.6 Å². The van der Waals surface area contributed by atoms with Crippen molar-refractivity contribution in [1.29, 1.82) is 0 Å². The number of benzene rings is 1. The van der Waals surface area contributed by atoms with Crippen molar-refractivity contribution in [3.05, 3.63) is 47.2 Å². The third-order valence-corrected chi connectivity index (χ3v) is 3.78. The van der Waals surface area contributed by atoms with Gasteiger partial charge in [-0.2, -0.15) is 0 Å². The van der Waals surface area contributed by atoms with Crippen LogP contribution in [0.15, 0.2) is 34.9 Å². The Morgan fingerprint density at radius 3 is 2.56 bits per heavy atom. The molecule has 1 aromatic carbocycles. The Balaban J connectivity index is 1.96. The second-order valence-electron chi connectivity index (χ2n) is 5.86. The molecule has 3 N–H and O–H groups in total. The van der Waals surface area contributed by atoms with Crippen molar-refractivity contribution in [1.82, 2.24) is 15.5 Å². The maximum atomic E-state index is 12.5. The Kier molecular flexibility index (Phi) is 4.84. The van der Waals surface area contributed by atoms with Crippen LogP contribution in [-0.2, 0) is 9.53 Å². The molecule has 0 aliphatic heterocycles. The van der Waals surface area contributed by atoms with Crippen molar-refractivity contribution in [3.8, 4) is 11.3 Å². The normalized spacial score (nSPS) is 10.6. The molecule has 0 fully saturated rings. The van der Waals surface area contributed by atoms with Gasteiger partial charge in [-0.25, -0.2) is 14.6 Å². The van der Waals surface area contributed by atoms with E-state index in [1.807, 2.05) is 36.5 Å². The number of carbonyl (C=O) groups excluding carboxylic acids is 3. The van der Waals surface area contributed by atoms with Gasteiger partial charge in [0, 0.05) is 5.56 Å². The van der Waals surface area contributed by atoms with Crippen LogP contribution in [0.3, 0.4) is 0 Å². The van der Waals surface area contributed by atoms with Gasteiger partial charge in [0.25, 0.3) is 11.6 Å². The number of carbonyl (C=O) groups is 3. The first kappa shape index (κ1) is 18.1. The van der Waals surface area contributed by atoms with Crippen LogP contribution >= 0.6 is 0 Å². The molecule has 2 aromatic heterocycles. The molecule has 9 nitrogen and oxygen atoms in total. The van der Waals surface area contributed by atoms with E-state index in [1.165, 1.54) is 0 Å². The minimum Gasteiger partial charge on any atom is -0.452 e. The molecule has 0 saturated heterocycles. The van der Waals surface area contributed by atoms with Crippen LogP contribution in [0.2, 0.25) is 0 Å². The van der Waals surface area contributed by atoms with Crippen LogP contribution in [0.1, 0.15) is 21.6 Å². The topological polar surface area (TPSA) is 137 Å². The van der Waals surface area contributed by atoms with Crippen molar-refractivity contribution in [3.63, 3.8) is 0 Å². The number of esters is 1. The minimum atomic E-state index is -1.03. The highest BCUT2D eigenvalue weighted by molar-refractivity contribution is 6.05. The number of fused-ring (bicyclic) bond motifs is 1. The first-order chi connectivity index (χ1) is 12.8. The van der Waals surface area contributed by atoms with Gasteiger partial charge in [-0.3, -0.25) is 10.1 Å². The third-order valence-electron chi connectivity index (χ3n) is 3.78. The van der Waals surface area contributed by atoms with E-state index in [1.54, 1.807) is 13.0 Å². The number of nitrogens with two attached hydrogens (primary N) is 1. The fourth-order valence-corrected chi connectivity index (χ4v) is 2.51. The van der Waals surface area contributed by atoms with Crippen LogP contribution < -0.4 is 11.1 Å². The lowest BCUT2D eigenvalue weighted by molar-refractivity contribution is -0.123. The van der Waals surface area contributed by atoms with Gasteiger partial charge >= 0.3 is 12.0 Å². The summed E-state index contributed by atoms with van der Waals surface area (Å²) in [4.78, 5) is 39.0. The summed E-state index contributed by atoms with van der Waals surface area (Å²) in [5.74, 6) is -1.61. The van der Waals surface area contributed by atoms with Crippen LogP contribution in [0.25, 0.3) is 22.4 Å². The SMILES string of the molecule is Cc1ccc(-c2cc(C(=O)OCC(=O)NC(N)=O)c3c(C)noc3n2)cc1. The Hall–Kier alpha value is -3.75. The number of nitrogens with zero attached hydrogens (tertiary/aromatic N) is 2. The Morgan fingerprint density at radius 2 is 1.89 bits per heavy atom. The number of urea groups is 1. The second-order valence-corrected chi connectivity index (χ2v) is 5.86. The van der Waals surface area contributed by atoms with Gasteiger partial charge in [0.2, 0.25) is 0 Å². The second kappa shape index (κ2) is 7.24. The largest absolute Gasteiger partial charge is 0.452 e. The molecule has 0 aliphatic carbocycles. The standard InChI is InChI=1S/C18H16N4O5/c1-9-3-5-11(6-4-9)13-7-12(15-10(2)22-27-16(15)20-13)17(24)26-8-14(23)21-18(19)25/h3-7H,8H2,1-2H3,(H3,19,21,23,25). The smallest absolute Gasteiger partial charge is 0.339 e. The zero-order valence-corrected chi connectivity index (χ0v) is 14.6. The molecule has 0 aliphatic rings. The van der Waals surface area contributed by atoms with Crippen molar-refractivity contribution >= 4 is 29.0 Å². The summed E-state index contributed by atoms with van der Waals surface area (Å²) in [6.45, 7) is 2.96. The van der Waals surface area contributed by atoms with E-state index in [0.717, 1.165) is 11.1 Å². The maximum Gasteiger partial charge on any atom is 0.339 e. The van der Waals surface area contributed by atoms with Crippen LogP contribution in [0, 0.1) is 13.8 Å². The summed E-state index contributed by atoms with van der Waals surface area (Å²) in [5.41, 5.74) is 7.99. The molecule has 138 valence electrons. The highest BCUT2D eigenvalue weighted by Gasteiger charge is 2.21. The van der Waals surface area contributed by atoms with Crippen LogP contribution in [0.5, 0.6) is 0 Å². The molecule has 2 heterocycles. The number of primary amides is 1. The third kappa shape index (κ3) is 3.92. The molecule has 3 rings (SSSR count). The summed E-state index contributed by atoms with van der Waals surface area (Å²) >= 11 is 0. The lowest BCUT2D eigenvalue weighted by Crippen LogP contribution is -2.37. The average Bonchev–Trinajstić information content (AvgIpc) is 3.00. The van der Waals surface area contributed by atoms with Gasteiger partial charge in [0.05, 0.1) is 22.3 Å². The number of hydrogen-bond donors (Lipinski definition) is 2. The minimum absolute atomic E-state index is 0.154. The van der Waals surface area contributed by atoms with E-state index in [0.29, 0.717) is 16.8 Å². The van der Waals surface area contributed by atoms with Crippen molar-refractivity contribution in [2.75, 3.05) is 6.61 Å². The monoisotopic (exact) mass is 368 g/mol. The van der Waals surface area contributed by atoms with Crippen LogP contribution in [-0.4, -0.2) is 34.7 Å². The molecule has 0 spiro atoms. The Morgan fingerprint density at radius 1 is 1.19 bits per heavy atom. The molecule has 3 amide bonds. The average molecular weight is 368 g/mol.